The highest BCUT2D eigenvalue weighted by atomic mass is 35.5. The summed E-state index contributed by atoms with van der Waals surface area (Å²) in [5.41, 5.74) is 2.21. The molecule has 1 aliphatic rings. The van der Waals surface area contributed by atoms with E-state index < -0.39 is 24.4 Å². The molecular formula is C25H27BClN3O4. The number of halogens is 1. The van der Waals surface area contributed by atoms with E-state index in [0.717, 1.165) is 27.5 Å². The lowest BCUT2D eigenvalue weighted by Crippen LogP contribution is -2.41. The number of carbonyl (C=O) groups is 1. The normalized spacial score (nSPS) is 17.1. The third-order valence-corrected chi connectivity index (χ3v) is 6.47. The molecule has 1 aliphatic heterocycles. The van der Waals surface area contributed by atoms with Crippen LogP contribution in [0, 0.1) is 0 Å². The quantitative estimate of drug-likeness (QED) is 0.385. The van der Waals surface area contributed by atoms with Gasteiger partial charge in [-0.05, 0) is 56.4 Å². The molecule has 2 aromatic carbocycles. The van der Waals surface area contributed by atoms with Crippen LogP contribution in [-0.4, -0.2) is 40.9 Å². The van der Waals surface area contributed by atoms with Crippen LogP contribution in [0.2, 0.25) is 5.15 Å². The standard InChI is InChI=1S/C25H27BClN3O4/c1-24(2)25(3,4)34-26(33-24)19(14-28-23(31)32-15-17-8-6-5-7-9-17)12-18-10-11-20-21(13-18)29-16-30-22(20)27/h5-13,16H,14-15H2,1-4H3,(H,28,31). The van der Waals surface area contributed by atoms with Crippen molar-refractivity contribution in [2.45, 2.75) is 45.5 Å². The molecule has 176 valence electrons. The first-order chi connectivity index (χ1) is 16.1. The van der Waals surface area contributed by atoms with Gasteiger partial charge in [-0.25, -0.2) is 14.8 Å². The second kappa shape index (κ2) is 9.74. The van der Waals surface area contributed by atoms with Gasteiger partial charge in [0.2, 0.25) is 0 Å². The predicted octanol–water partition coefficient (Wildman–Crippen LogP) is 5.22. The fraction of sp³-hybridized carbons (Fsp3) is 0.320. The Morgan fingerprint density at radius 2 is 1.79 bits per heavy atom. The van der Waals surface area contributed by atoms with Crippen molar-refractivity contribution in [1.82, 2.24) is 15.3 Å². The summed E-state index contributed by atoms with van der Waals surface area (Å²) in [5.74, 6) is 0. The maximum atomic E-state index is 12.4. The van der Waals surface area contributed by atoms with Crippen molar-refractivity contribution in [3.8, 4) is 0 Å². The fourth-order valence-electron chi connectivity index (χ4n) is 3.49. The molecule has 0 radical (unpaired) electrons. The number of nitrogens with one attached hydrogen (secondary N) is 1. The summed E-state index contributed by atoms with van der Waals surface area (Å²) < 4.78 is 17.8. The Morgan fingerprint density at radius 1 is 1.09 bits per heavy atom. The largest absolute Gasteiger partial charge is 0.492 e. The van der Waals surface area contributed by atoms with Gasteiger partial charge in [-0.15, -0.1) is 0 Å². The third-order valence-electron chi connectivity index (χ3n) is 6.17. The molecule has 1 fully saturated rings. The van der Waals surface area contributed by atoms with Crippen LogP contribution in [0.3, 0.4) is 0 Å². The van der Waals surface area contributed by atoms with Crippen LogP contribution >= 0.6 is 11.6 Å². The number of nitrogens with zero attached hydrogens (tertiary/aromatic N) is 2. The van der Waals surface area contributed by atoms with E-state index in [4.69, 9.17) is 25.6 Å². The van der Waals surface area contributed by atoms with Gasteiger partial charge in [-0.2, -0.15) is 0 Å². The Labute approximate surface area is 204 Å². The average molecular weight is 480 g/mol. The van der Waals surface area contributed by atoms with Gasteiger partial charge in [0.25, 0.3) is 0 Å². The van der Waals surface area contributed by atoms with Gasteiger partial charge >= 0.3 is 13.2 Å². The van der Waals surface area contributed by atoms with E-state index in [1.54, 1.807) is 0 Å². The maximum Gasteiger partial charge on any atom is 0.492 e. The van der Waals surface area contributed by atoms with Crippen molar-refractivity contribution in [3.05, 3.63) is 76.6 Å². The number of aromatic nitrogens is 2. The third kappa shape index (κ3) is 5.41. The number of ether oxygens (including phenoxy) is 1. The highest BCUT2D eigenvalue weighted by Gasteiger charge is 2.52. The number of rotatable bonds is 6. The Hall–Kier alpha value is -2.94. The molecular weight excluding hydrogens is 453 g/mol. The molecule has 3 aromatic rings. The van der Waals surface area contributed by atoms with Crippen LogP contribution in [0.25, 0.3) is 17.0 Å². The topological polar surface area (TPSA) is 82.6 Å². The van der Waals surface area contributed by atoms with Crippen LogP contribution in [0.5, 0.6) is 0 Å². The summed E-state index contributed by atoms with van der Waals surface area (Å²) in [7, 11) is -0.635. The van der Waals surface area contributed by atoms with Crippen molar-refractivity contribution >= 4 is 41.8 Å². The van der Waals surface area contributed by atoms with Crippen LogP contribution in [0.15, 0.2) is 60.3 Å². The molecule has 4 rings (SSSR count). The number of hydrogen-bond donors (Lipinski definition) is 1. The van der Waals surface area contributed by atoms with Crippen LogP contribution < -0.4 is 5.32 Å². The van der Waals surface area contributed by atoms with E-state index in [9.17, 15) is 4.79 Å². The maximum absolute atomic E-state index is 12.4. The SMILES string of the molecule is CC1(C)OB(C(=Cc2ccc3c(Cl)ncnc3c2)CNC(=O)OCc2ccccc2)OC1(C)C. The highest BCUT2D eigenvalue weighted by molar-refractivity contribution is 6.56. The second-order valence-corrected chi connectivity index (χ2v) is 9.52. The molecule has 34 heavy (non-hydrogen) atoms. The minimum Gasteiger partial charge on any atom is -0.445 e. The number of benzene rings is 2. The molecule has 0 bridgehead atoms. The lowest BCUT2D eigenvalue weighted by Gasteiger charge is -2.32. The summed E-state index contributed by atoms with van der Waals surface area (Å²) in [6.07, 6.45) is 2.83. The predicted molar refractivity (Wildman–Crippen MR) is 133 cm³/mol. The van der Waals surface area contributed by atoms with E-state index in [0.29, 0.717) is 5.15 Å². The van der Waals surface area contributed by atoms with Crippen LogP contribution in [-0.2, 0) is 20.7 Å². The molecule has 0 unspecified atom stereocenters. The van der Waals surface area contributed by atoms with E-state index in [2.05, 4.69) is 15.3 Å². The Balaban J connectivity index is 1.54. The van der Waals surface area contributed by atoms with Gasteiger partial charge in [-0.3, -0.25) is 0 Å². The van der Waals surface area contributed by atoms with Crippen molar-refractivity contribution in [1.29, 1.82) is 0 Å². The van der Waals surface area contributed by atoms with Gasteiger partial charge in [0, 0.05) is 11.9 Å². The summed E-state index contributed by atoms with van der Waals surface area (Å²) in [6, 6.07) is 15.2. The van der Waals surface area contributed by atoms with Crippen molar-refractivity contribution < 1.29 is 18.8 Å². The van der Waals surface area contributed by atoms with Crippen LogP contribution in [0.4, 0.5) is 4.79 Å². The number of carbonyl (C=O) groups excluding carboxylic acids is 1. The zero-order valence-corrected chi connectivity index (χ0v) is 20.4. The minimum atomic E-state index is -0.635. The summed E-state index contributed by atoms with van der Waals surface area (Å²) in [6.45, 7) is 8.32. The average Bonchev–Trinajstić information content (AvgIpc) is 3.02. The molecule has 2 heterocycles. The molecule has 0 spiro atoms. The van der Waals surface area contributed by atoms with Gasteiger partial charge in [0.1, 0.15) is 18.1 Å². The number of fused-ring (bicyclic) bond motifs is 1. The Kier molecular flexibility index (Phi) is 6.93. The lowest BCUT2D eigenvalue weighted by molar-refractivity contribution is 0.00578. The summed E-state index contributed by atoms with van der Waals surface area (Å²) >= 11 is 6.17. The minimum absolute atomic E-state index is 0.188. The van der Waals surface area contributed by atoms with Crippen molar-refractivity contribution in [2.24, 2.45) is 0 Å². The first-order valence-corrected chi connectivity index (χ1v) is 11.4. The Bertz CT molecular complexity index is 1200. The zero-order chi connectivity index (χ0) is 24.3. The van der Waals surface area contributed by atoms with Gasteiger partial charge in [0.15, 0.2) is 0 Å². The first kappa shape index (κ1) is 24.2. The first-order valence-electron chi connectivity index (χ1n) is 11.1. The van der Waals surface area contributed by atoms with Gasteiger partial charge in [-0.1, -0.05) is 54.1 Å². The van der Waals surface area contributed by atoms with E-state index >= 15 is 0 Å². The molecule has 1 N–H and O–H groups in total. The van der Waals surface area contributed by atoms with Gasteiger partial charge in [0.05, 0.1) is 16.7 Å². The molecule has 1 aromatic heterocycles. The lowest BCUT2D eigenvalue weighted by atomic mass is 9.77. The van der Waals surface area contributed by atoms with E-state index in [-0.39, 0.29) is 13.2 Å². The monoisotopic (exact) mass is 479 g/mol. The van der Waals surface area contributed by atoms with Crippen LogP contribution in [0.1, 0.15) is 38.8 Å². The van der Waals surface area contributed by atoms with Crippen molar-refractivity contribution in [3.63, 3.8) is 0 Å². The smallest absolute Gasteiger partial charge is 0.445 e. The van der Waals surface area contributed by atoms with Gasteiger partial charge < -0.3 is 19.4 Å². The number of alkyl carbamates (subject to hydrolysis) is 1. The molecule has 1 saturated heterocycles. The molecule has 0 atom stereocenters. The van der Waals surface area contributed by atoms with Crippen molar-refractivity contribution in [2.75, 3.05) is 6.54 Å². The fourth-order valence-corrected chi connectivity index (χ4v) is 3.69. The molecule has 1 amide bonds. The zero-order valence-electron chi connectivity index (χ0n) is 19.7. The summed E-state index contributed by atoms with van der Waals surface area (Å²) in [5, 5.41) is 3.98. The second-order valence-electron chi connectivity index (χ2n) is 9.16. The Morgan fingerprint density at radius 3 is 2.50 bits per heavy atom. The van der Waals surface area contributed by atoms with E-state index in [1.165, 1.54) is 6.33 Å². The molecule has 0 aliphatic carbocycles. The molecule has 7 nitrogen and oxygen atoms in total. The number of amides is 1. The highest BCUT2D eigenvalue weighted by Crippen LogP contribution is 2.38. The van der Waals surface area contributed by atoms with E-state index in [1.807, 2.05) is 82.3 Å². The molecule has 0 saturated carbocycles. The molecule has 9 heteroatoms. The number of hydrogen-bond acceptors (Lipinski definition) is 6. The summed E-state index contributed by atoms with van der Waals surface area (Å²) in [4.78, 5) is 20.7.